The summed E-state index contributed by atoms with van der Waals surface area (Å²) in [5.74, 6) is 0.785. The SMILES string of the molecule is CCCCCNC(=O)c1cc(-c2ccc(OCC)cc2)nc2ccccc12. The van der Waals surface area contributed by atoms with Crippen LogP contribution in [0.5, 0.6) is 5.75 Å². The van der Waals surface area contributed by atoms with Gasteiger partial charge in [0.2, 0.25) is 0 Å². The Morgan fingerprint density at radius 3 is 2.56 bits per heavy atom. The van der Waals surface area contributed by atoms with Gasteiger partial charge in [0.1, 0.15) is 5.75 Å². The summed E-state index contributed by atoms with van der Waals surface area (Å²) >= 11 is 0. The molecule has 1 N–H and O–H groups in total. The molecule has 1 aromatic heterocycles. The van der Waals surface area contributed by atoms with Gasteiger partial charge in [-0.05, 0) is 49.7 Å². The zero-order valence-corrected chi connectivity index (χ0v) is 16.0. The van der Waals surface area contributed by atoms with Gasteiger partial charge in [-0.1, -0.05) is 38.0 Å². The number of amides is 1. The molecule has 0 saturated heterocycles. The Morgan fingerprint density at radius 2 is 1.81 bits per heavy atom. The summed E-state index contributed by atoms with van der Waals surface area (Å²) in [4.78, 5) is 17.5. The summed E-state index contributed by atoms with van der Waals surface area (Å²) in [5, 5.41) is 3.92. The first-order chi connectivity index (χ1) is 13.2. The lowest BCUT2D eigenvalue weighted by Crippen LogP contribution is -2.24. The zero-order chi connectivity index (χ0) is 19.1. The van der Waals surface area contributed by atoms with Crippen molar-refractivity contribution in [2.75, 3.05) is 13.2 Å². The number of benzene rings is 2. The summed E-state index contributed by atoms with van der Waals surface area (Å²) in [6.45, 7) is 5.45. The second-order valence-electron chi connectivity index (χ2n) is 6.49. The third kappa shape index (κ3) is 4.64. The lowest BCUT2D eigenvalue weighted by molar-refractivity contribution is 0.0954. The number of pyridine rings is 1. The third-order valence-corrected chi connectivity index (χ3v) is 4.49. The molecule has 1 heterocycles. The van der Waals surface area contributed by atoms with Crippen LogP contribution in [0.15, 0.2) is 54.6 Å². The number of rotatable bonds is 8. The molecular formula is C23H26N2O2. The lowest BCUT2D eigenvalue weighted by Gasteiger charge is -2.11. The fourth-order valence-corrected chi connectivity index (χ4v) is 3.07. The van der Waals surface area contributed by atoms with Crippen molar-refractivity contribution in [3.63, 3.8) is 0 Å². The average Bonchev–Trinajstić information content (AvgIpc) is 2.71. The third-order valence-electron chi connectivity index (χ3n) is 4.49. The quantitative estimate of drug-likeness (QED) is 0.559. The summed E-state index contributed by atoms with van der Waals surface area (Å²) < 4.78 is 5.51. The standard InChI is InChI=1S/C23H26N2O2/c1-3-5-8-15-24-23(26)20-16-22(25-21-10-7-6-9-19(20)21)17-11-13-18(14-12-17)27-4-2/h6-7,9-14,16H,3-5,8,15H2,1-2H3,(H,24,26). The van der Waals surface area contributed by atoms with E-state index in [1.54, 1.807) is 0 Å². The topological polar surface area (TPSA) is 51.2 Å². The van der Waals surface area contributed by atoms with Crippen LogP contribution in [0.2, 0.25) is 0 Å². The van der Waals surface area contributed by atoms with Crippen molar-refractivity contribution >= 4 is 16.8 Å². The fraction of sp³-hybridized carbons (Fsp3) is 0.304. The van der Waals surface area contributed by atoms with E-state index in [2.05, 4.69) is 12.2 Å². The fourth-order valence-electron chi connectivity index (χ4n) is 3.07. The number of carbonyl (C=O) groups excluding carboxylic acids is 1. The van der Waals surface area contributed by atoms with Crippen molar-refractivity contribution in [2.24, 2.45) is 0 Å². The molecule has 1 amide bonds. The Balaban J connectivity index is 1.94. The molecule has 0 aliphatic rings. The maximum absolute atomic E-state index is 12.8. The van der Waals surface area contributed by atoms with Crippen molar-refractivity contribution in [2.45, 2.75) is 33.1 Å². The first-order valence-corrected chi connectivity index (χ1v) is 9.64. The molecule has 0 radical (unpaired) electrons. The minimum absolute atomic E-state index is 0.0445. The molecular weight excluding hydrogens is 336 g/mol. The van der Waals surface area contributed by atoms with E-state index in [1.165, 1.54) is 0 Å². The van der Waals surface area contributed by atoms with Crippen LogP contribution < -0.4 is 10.1 Å². The van der Waals surface area contributed by atoms with Crippen molar-refractivity contribution < 1.29 is 9.53 Å². The highest BCUT2D eigenvalue weighted by atomic mass is 16.5. The Labute approximate surface area is 160 Å². The number of unbranched alkanes of at least 4 members (excludes halogenated alkanes) is 2. The number of fused-ring (bicyclic) bond motifs is 1. The summed E-state index contributed by atoms with van der Waals surface area (Å²) in [7, 11) is 0. The molecule has 27 heavy (non-hydrogen) atoms. The molecule has 4 nitrogen and oxygen atoms in total. The van der Waals surface area contributed by atoms with Gasteiger partial charge in [0.15, 0.2) is 0 Å². The van der Waals surface area contributed by atoms with Crippen LogP contribution in [-0.4, -0.2) is 24.0 Å². The van der Waals surface area contributed by atoms with E-state index in [9.17, 15) is 4.79 Å². The van der Waals surface area contributed by atoms with Crippen LogP contribution in [0.3, 0.4) is 0 Å². The van der Waals surface area contributed by atoms with E-state index < -0.39 is 0 Å². The van der Waals surface area contributed by atoms with Crippen molar-refractivity contribution in [1.82, 2.24) is 10.3 Å². The smallest absolute Gasteiger partial charge is 0.252 e. The van der Waals surface area contributed by atoms with Gasteiger partial charge in [-0.3, -0.25) is 4.79 Å². The largest absolute Gasteiger partial charge is 0.494 e. The number of para-hydroxylation sites is 1. The monoisotopic (exact) mass is 362 g/mol. The minimum atomic E-state index is -0.0445. The van der Waals surface area contributed by atoms with Gasteiger partial charge in [-0.25, -0.2) is 4.98 Å². The van der Waals surface area contributed by atoms with E-state index in [4.69, 9.17) is 9.72 Å². The van der Waals surface area contributed by atoms with Crippen LogP contribution in [0.1, 0.15) is 43.5 Å². The Bertz CT molecular complexity index is 904. The highest BCUT2D eigenvalue weighted by Gasteiger charge is 2.13. The van der Waals surface area contributed by atoms with Gasteiger partial charge in [0, 0.05) is 17.5 Å². The maximum atomic E-state index is 12.8. The lowest BCUT2D eigenvalue weighted by atomic mass is 10.0. The summed E-state index contributed by atoms with van der Waals surface area (Å²) in [5.41, 5.74) is 3.24. The molecule has 3 rings (SSSR count). The molecule has 0 atom stereocenters. The molecule has 0 unspecified atom stereocenters. The number of aromatic nitrogens is 1. The number of carbonyl (C=O) groups is 1. The molecule has 0 bridgehead atoms. The molecule has 3 aromatic rings. The Morgan fingerprint density at radius 1 is 1.04 bits per heavy atom. The highest BCUT2D eigenvalue weighted by Crippen LogP contribution is 2.26. The molecule has 0 spiro atoms. The number of nitrogens with zero attached hydrogens (tertiary/aromatic N) is 1. The zero-order valence-electron chi connectivity index (χ0n) is 16.0. The van der Waals surface area contributed by atoms with Crippen LogP contribution in [0.4, 0.5) is 0 Å². The number of ether oxygens (including phenoxy) is 1. The van der Waals surface area contributed by atoms with Crippen molar-refractivity contribution in [1.29, 1.82) is 0 Å². The second kappa shape index (κ2) is 9.17. The second-order valence-corrected chi connectivity index (χ2v) is 6.49. The van der Waals surface area contributed by atoms with Gasteiger partial charge in [0.05, 0.1) is 23.4 Å². The molecule has 0 fully saturated rings. The van der Waals surface area contributed by atoms with E-state index in [1.807, 2.05) is 61.5 Å². The Kier molecular flexibility index (Phi) is 6.42. The summed E-state index contributed by atoms with van der Waals surface area (Å²) in [6.07, 6.45) is 3.25. The van der Waals surface area contributed by atoms with Crippen LogP contribution in [0, 0.1) is 0 Å². The van der Waals surface area contributed by atoms with E-state index in [-0.39, 0.29) is 5.91 Å². The highest BCUT2D eigenvalue weighted by molar-refractivity contribution is 6.07. The van der Waals surface area contributed by atoms with Crippen LogP contribution in [-0.2, 0) is 0 Å². The van der Waals surface area contributed by atoms with Gasteiger partial charge in [0.25, 0.3) is 5.91 Å². The van der Waals surface area contributed by atoms with Crippen molar-refractivity contribution in [3.8, 4) is 17.0 Å². The molecule has 0 aliphatic heterocycles. The van der Waals surface area contributed by atoms with Gasteiger partial charge in [-0.15, -0.1) is 0 Å². The Hall–Kier alpha value is -2.88. The van der Waals surface area contributed by atoms with Gasteiger partial charge in [-0.2, -0.15) is 0 Å². The maximum Gasteiger partial charge on any atom is 0.252 e. The molecule has 0 aliphatic carbocycles. The van der Waals surface area contributed by atoms with Crippen LogP contribution in [0.25, 0.3) is 22.2 Å². The molecule has 2 aromatic carbocycles. The van der Waals surface area contributed by atoms with Gasteiger partial charge < -0.3 is 10.1 Å². The van der Waals surface area contributed by atoms with E-state index in [0.29, 0.717) is 18.7 Å². The average molecular weight is 362 g/mol. The number of nitrogens with one attached hydrogen (secondary N) is 1. The first kappa shape index (κ1) is 18.9. The van der Waals surface area contributed by atoms with Crippen LogP contribution >= 0.6 is 0 Å². The van der Waals surface area contributed by atoms with Gasteiger partial charge >= 0.3 is 0 Å². The molecule has 4 heteroatoms. The molecule has 140 valence electrons. The summed E-state index contributed by atoms with van der Waals surface area (Å²) in [6, 6.07) is 17.5. The number of hydrogen-bond acceptors (Lipinski definition) is 3. The van der Waals surface area contributed by atoms with E-state index >= 15 is 0 Å². The van der Waals surface area contributed by atoms with Crippen molar-refractivity contribution in [3.05, 3.63) is 60.2 Å². The first-order valence-electron chi connectivity index (χ1n) is 9.64. The molecule has 0 saturated carbocycles. The minimum Gasteiger partial charge on any atom is -0.494 e. The van der Waals surface area contributed by atoms with E-state index in [0.717, 1.165) is 47.2 Å². The predicted octanol–water partition coefficient (Wildman–Crippen LogP) is 5.22. The predicted molar refractivity (Wildman–Crippen MR) is 110 cm³/mol. The normalized spacial score (nSPS) is 10.7. The number of hydrogen-bond donors (Lipinski definition) is 1.